The molecule has 2 atom stereocenters. The van der Waals surface area contributed by atoms with E-state index < -0.39 is 0 Å². The Morgan fingerprint density at radius 2 is 2.00 bits per heavy atom. The van der Waals surface area contributed by atoms with Gasteiger partial charge in [0.05, 0.1) is 0 Å². The zero-order valence-electron chi connectivity index (χ0n) is 6.07. The van der Waals surface area contributed by atoms with Crippen molar-refractivity contribution in [3.8, 4) is 0 Å². The maximum atomic E-state index is 2.62. The highest BCUT2D eigenvalue weighted by Gasteiger charge is 2.19. The molecule has 0 heterocycles. The van der Waals surface area contributed by atoms with Gasteiger partial charge in [-0.05, 0) is 18.8 Å². The molecule has 1 heteroatoms. The lowest BCUT2D eigenvalue weighted by Crippen LogP contribution is -2.17. The first-order valence-corrected chi connectivity index (χ1v) is 5.23. The van der Waals surface area contributed by atoms with Crippen LogP contribution in [0.4, 0.5) is 0 Å². The number of halogens is 1. The standard InChI is InChI=1S/C8H15I/c1-2-7-5-3-4-6-8(7)9/h7-8H,2-6H2,1H3/t7-,8+/m0/s1. The van der Waals surface area contributed by atoms with Crippen LogP contribution in [0.1, 0.15) is 39.0 Å². The lowest BCUT2D eigenvalue weighted by molar-refractivity contribution is 0.372. The van der Waals surface area contributed by atoms with E-state index in [0.717, 1.165) is 9.84 Å². The van der Waals surface area contributed by atoms with Crippen molar-refractivity contribution in [3.05, 3.63) is 0 Å². The van der Waals surface area contributed by atoms with Gasteiger partial charge in [-0.2, -0.15) is 0 Å². The second kappa shape index (κ2) is 3.79. The predicted molar refractivity (Wildman–Crippen MR) is 50.1 cm³/mol. The average Bonchev–Trinajstić information content (AvgIpc) is 1.89. The van der Waals surface area contributed by atoms with Gasteiger partial charge in [-0.1, -0.05) is 48.8 Å². The lowest BCUT2D eigenvalue weighted by Gasteiger charge is -2.25. The van der Waals surface area contributed by atoms with E-state index in [-0.39, 0.29) is 0 Å². The molecule has 0 aliphatic heterocycles. The van der Waals surface area contributed by atoms with Gasteiger partial charge in [-0.3, -0.25) is 0 Å². The minimum atomic E-state index is 0.987. The Morgan fingerprint density at radius 3 is 2.44 bits per heavy atom. The Labute approximate surface area is 71.5 Å². The topological polar surface area (TPSA) is 0 Å². The van der Waals surface area contributed by atoms with Crippen molar-refractivity contribution in [1.82, 2.24) is 0 Å². The summed E-state index contributed by atoms with van der Waals surface area (Å²) >= 11 is 2.62. The molecule has 0 radical (unpaired) electrons. The average molecular weight is 238 g/mol. The Morgan fingerprint density at radius 1 is 1.33 bits per heavy atom. The Hall–Kier alpha value is 0.730. The van der Waals surface area contributed by atoms with Crippen molar-refractivity contribution in [1.29, 1.82) is 0 Å². The van der Waals surface area contributed by atoms with Crippen LogP contribution in [0, 0.1) is 5.92 Å². The molecule has 0 aromatic rings. The van der Waals surface area contributed by atoms with Crippen molar-refractivity contribution < 1.29 is 0 Å². The molecule has 0 saturated heterocycles. The van der Waals surface area contributed by atoms with Crippen LogP contribution in [0.25, 0.3) is 0 Å². The number of hydrogen-bond donors (Lipinski definition) is 0. The minimum absolute atomic E-state index is 0.987. The summed E-state index contributed by atoms with van der Waals surface area (Å²) in [5.74, 6) is 1.04. The minimum Gasteiger partial charge on any atom is -0.0823 e. The summed E-state index contributed by atoms with van der Waals surface area (Å²) in [5.41, 5.74) is 0. The third kappa shape index (κ3) is 2.10. The van der Waals surface area contributed by atoms with Crippen molar-refractivity contribution in [2.24, 2.45) is 5.92 Å². The first-order chi connectivity index (χ1) is 4.34. The van der Waals surface area contributed by atoms with Crippen LogP contribution in [-0.4, -0.2) is 3.92 Å². The van der Waals surface area contributed by atoms with Gasteiger partial charge < -0.3 is 0 Å². The van der Waals surface area contributed by atoms with E-state index in [2.05, 4.69) is 29.5 Å². The molecule has 1 aliphatic carbocycles. The van der Waals surface area contributed by atoms with Crippen LogP contribution in [0.3, 0.4) is 0 Å². The highest BCUT2D eigenvalue weighted by Crippen LogP contribution is 2.31. The van der Waals surface area contributed by atoms with Crippen molar-refractivity contribution in [2.75, 3.05) is 0 Å². The second-order valence-corrected chi connectivity index (χ2v) is 4.57. The van der Waals surface area contributed by atoms with Crippen LogP contribution < -0.4 is 0 Å². The summed E-state index contributed by atoms with van der Waals surface area (Å²) in [6.45, 7) is 2.32. The van der Waals surface area contributed by atoms with Crippen molar-refractivity contribution in [3.63, 3.8) is 0 Å². The van der Waals surface area contributed by atoms with Crippen LogP contribution in [0.5, 0.6) is 0 Å². The molecule has 1 aliphatic rings. The molecular formula is C8H15I. The van der Waals surface area contributed by atoms with E-state index in [1.165, 1.54) is 32.1 Å². The largest absolute Gasteiger partial charge is 0.0823 e. The Balaban J connectivity index is 2.30. The number of hydrogen-bond acceptors (Lipinski definition) is 0. The van der Waals surface area contributed by atoms with E-state index in [4.69, 9.17) is 0 Å². The van der Waals surface area contributed by atoms with Gasteiger partial charge in [0.25, 0.3) is 0 Å². The molecule has 0 unspecified atom stereocenters. The first-order valence-electron chi connectivity index (χ1n) is 3.98. The molecule has 0 bridgehead atoms. The van der Waals surface area contributed by atoms with Crippen LogP contribution in [0.15, 0.2) is 0 Å². The fraction of sp³-hybridized carbons (Fsp3) is 1.00. The van der Waals surface area contributed by atoms with E-state index >= 15 is 0 Å². The van der Waals surface area contributed by atoms with Gasteiger partial charge in [-0.25, -0.2) is 0 Å². The summed E-state index contributed by atoms with van der Waals surface area (Å²) in [6, 6.07) is 0. The SMILES string of the molecule is CC[C@H]1CCCC[C@H]1I. The highest BCUT2D eigenvalue weighted by molar-refractivity contribution is 14.1. The van der Waals surface area contributed by atoms with E-state index in [0.29, 0.717) is 0 Å². The number of alkyl halides is 1. The quantitative estimate of drug-likeness (QED) is 0.485. The smallest absolute Gasteiger partial charge is 0.0138 e. The summed E-state index contributed by atoms with van der Waals surface area (Å²) in [5, 5.41) is 0. The monoisotopic (exact) mass is 238 g/mol. The Kier molecular flexibility index (Phi) is 3.30. The van der Waals surface area contributed by atoms with E-state index in [1.807, 2.05) is 0 Å². The predicted octanol–water partition coefficient (Wildman–Crippen LogP) is 3.39. The summed E-state index contributed by atoms with van der Waals surface area (Å²) in [7, 11) is 0. The third-order valence-electron chi connectivity index (χ3n) is 2.34. The Bertz CT molecular complexity index is 80.6. The zero-order valence-corrected chi connectivity index (χ0v) is 8.23. The first kappa shape index (κ1) is 7.83. The maximum absolute atomic E-state index is 2.62. The molecule has 0 aromatic carbocycles. The maximum Gasteiger partial charge on any atom is 0.0138 e. The summed E-state index contributed by atoms with van der Waals surface area (Å²) in [6.07, 6.45) is 7.32. The van der Waals surface area contributed by atoms with Gasteiger partial charge in [0.2, 0.25) is 0 Å². The highest BCUT2D eigenvalue weighted by atomic mass is 127. The van der Waals surface area contributed by atoms with Gasteiger partial charge in [0.15, 0.2) is 0 Å². The molecule has 1 fully saturated rings. The molecular weight excluding hydrogens is 223 g/mol. The fourth-order valence-corrected chi connectivity index (χ4v) is 2.93. The molecule has 1 saturated carbocycles. The van der Waals surface area contributed by atoms with E-state index in [1.54, 1.807) is 0 Å². The van der Waals surface area contributed by atoms with Gasteiger partial charge in [0, 0.05) is 3.92 Å². The van der Waals surface area contributed by atoms with Gasteiger partial charge in [0.1, 0.15) is 0 Å². The molecule has 54 valence electrons. The van der Waals surface area contributed by atoms with E-state index in [9.17, 15) is 0 Å². The molecule has 0 amide bonds. The van der Waals surface area contributed by atoms with Gasteiger partial charge in [-0.15, -0.1) is 0 Å². The fourth-order valence-electron chi connectivity index (χ4n) is 1.62. The van der Waals surface area contributed by atoms with Crippen molar-refractivity contribution in [2.45, 2.75) is 43.0 Å². The normalized spacial score (nSPS) is 36.7. The molecule has 0 aromatic heterocycles. The third-order valence-corrected chi connectivity index (χ3v) is 3.98. The molecule has 0 spiro atoms. The lowest BCUT2D eigenvalue weighted by atomic mass is 9.88. The van der Waals surface area contributed by atoms with Crippen LogP contribution in [-0.2, 0) is 0 Å². The molecule has 9 heavy (non-hydrogen) atoms. The van der Waals surface area contributed by atoms with Crippen LogP contribution in [0.2, 0.25) is 0 Å². The summed E-state index contributed by atoms with van der Waals surface area (Å²) in [4.78, 5) is 0. The van der Waals surface area contributed by atoms with Crippen molar-refractivity contribution >= 4 is 22.6 Å². The molecule has 1 rings (SSSR count). The summed E-state index contributed by atoms with van der Waals surface area (Å²) < 4.78 is 0.987. The second-order valence-electron chi connectivity index (χ2n) is 2.97. The molecule has 0 N–H and O–H groups in total. The van der Waals surface area contributed by atoms with Gasteiger partial charge >= 0.3 is 0 Å². The molecule has 0 nitrogen and oxygen atoms in total. The zero-order chi connectivity index (χ0) is 6.69. The number of rotatable bonds is 1. The van der Waals surface area contributed by atoms with Crippen LogP contribution >= 0.6 is 22.6 Å².